The molecule has 5 aromatic rings. The minimum Gasteiger partial charge on any atom is -0.493 e. The number of hydrogen-bond donors (Lipinski definition) is 0. The van der Waals surface area contributed by atoms with Crippen LogP contribution in [-0.4, -0.2) is 35.3 Å². The summed E-state index contributed by atoms with van der Waals surface area (Å²) >= 11 is 0. The highest BCUT2D eigenvalue weighted by Gasteiger charge is 2.18. The quantitative estimate of drug-likeness (QED) is 0.0387. The molecule has 0 unspecified atom stereocenters. The molecule has 0 saturated heterocycles. The van der Waals surface area contributed by atoms with E-state index in [4.69, 9.17) is 23.4 Å². The van der Waals surface area contributed by atoms with Crippen molar-refractivity contribution in [1.29, 1.82) is 0 Å². The first kappa shape index (κ1) is 40.6. The molecule has 0 aliphatic rings. The molecule has 0 aliphatic carbocycles. The second-order valence-corrected chi connectivity index (χ2v) is 13.3. The minimum absolute atomic E-state index is 0.203. The average Bonchev–Trinajstić information content (AvgIpc) is 3.68. The predicted molar refractivity (Wildman–Crippen MR) is 206 cm³/mol. The minimum atomic E-state index is -0.839. The van der Waals surface area contributed by atoms with Crippen molar-refractivity contribution in [2.24, 2.45) is 0 Å². The van der Waals surface area contributed by atoms with E-state index in [0.717, 1.165) is 38.5 Å². The van der Waals surface area contributed by atoms with Gasteiger partial charge in [-0.25, -0.2) is 18.4 Å². The van der Waals surface area contributed by atoms with Gasteiger partial charge in [-0.2, -0.15) is 0 Å². The van der Waals surface area contributed by atoms with Crippen LogP contribution in [0.3, 0.4) is 0 Å². The lowest BCUT2D eigenvalue weighted by Crippen LogP contribution is -2.11. The molecule has 0 aliphatic heterocycles. The van der Waals surface area contributed by atoms with Gasteiger partial charge in [0.25, 0.3) is 0 Å². The number of unbranched alkanes of at least 4 members (excludes halogenated alkanes) is 10. The number of carbonyl (C=O) groups excluding carboxylic acids is 2. The van der Waals surface area contributed by atoms with Crippen molar-refractivity contribution in [2.45, 2.75) is 90.9 Å². The summed E-state index contributed by atoms with van der Waals surface area (Å²) in [4.78, 5) is 25.4. The van der Waals surface area contributed by atoms with Crippen LogP contribution in [0.4, 0.5) is 8.78 Å². The molecule has 55 heavy (non-hydrogen) atoms. The molecule has 0 spiro atoms. The summed E-state index contributed by atoms with van der Waals surface area (Å²) in [5.74, 6) is -1.58. The molecule has 9 nitrogen and oxygen atoms in total. The average molecular weight is 755 g/mol. The van der Waals surface area contributed by atoms with E-state index < -0.39 is 23.6 Å². The molecule has 1 heterocycles. The second kappa shape index (κ2) is 21.3. The third kappa shape index (κ3) is 12.5. The molecule has 4 aromatic carbocycles. The van der Waals surface area contributed by atoms with Crippen molar-refractivity contribution >= 4 is 11.9 Å². The highest BCUT2D eigenvalue weighted by atomic mass is 19.1. The Balaban J connectivity index is 1.08. The van der Waals surface area contributed by atoms with E-state index in [9.17, 15) is 18.4 Å². The number of hydrogen-bond acceptors (Lipinski definition) is 9. The Hall–Kier alpha value is -5.58. The summed E-state index contributed by atoms with van der Waals surface area (Å²) in [5, 5.41) is 8.21. The molecular weight excluding hydrogens is 706 g/mol. The molecule has 0 bridgehead atoms. The maximum Gasteiger partial charge on any atom is 0.346 e. The molecule has 11 heteroatoms. The zero-order valence-electron chi connectivity index (χ0n) is 31.5. The Morgan fingerprint density at radius 1 is 0.509 bits per heavy atom. The van der Waals surface area contributed by atoms with Crippen molar-refractivity contribution < 1.29 is 41.7 Å². The first-order valence-electron chi connectivity index (χ1n) is 19.2. The van der Waals surface area contributed by atoms with Gasteiger partial charge in [-0.05, 0) is 85.6 Å². The lowest BCUT2D eigenvalue weighted by molar-refractivity contribution is 0.0719. The Labute approximate surface area is 321 Å². The van der Waals surface area contributed by atoms with Crippen molar-refractivity contribution in [3.8, 4) is 45.9 Å². The molecular formula is C44H48F2N2O7. The van der Waals surface area contributed by atoms with Gasteiger partial charge in [-0.3, -0.25) is 0 Å². The van der Waals surface area contributed by atoms with Crippen LogP contribution < -0.4 is 18.9 Å². The number of aromatic nitrogens is 2. The highest BCUT2D eigenvalue weighted by molar-refractivity contribution is 5.92. The third-order valence-electron chi connectivity index (χ3n) is 8.90. The summed E-state index contributed by atoms with van der Waals surface area (Å²) in [7, 11) is 0. The molecule has 0 radical (unpaired) electrons. The zero-order chi connectivity index (χ0) is 38.8. The summed E-state index contributed by atoms with van der Waals surface area (Å²) in [6.07, 6.45) is 13.5. The molecule has 0 saturated carbocycles. The number of carbonyl (C=O) groups is 2. The molecule has 5 rings (SSSR count). The van der Waals surface area contributed by atoms with Crippen LogP contribution in [0.2, 0.25) is 0 Å². The van der Waals surface area contributed by atoms with Gasteiger partial charge in [0.2, 0.25) is 11.8 Å². The van der Waals surface area contributed by atoms with Gasteiger partial charge in [-0.15, -0.1) is 10.2 Å². The van der Waals surface area contributed by atoms with Crippen LogP contribution in [0.1, 0.15) is 112 Å². The molecule has 0 N–H and O–H groups in total. The van der Waals surface area contributed by atoms with E-state index in [1.54, 1.807) is 36.4 Å². The van der Waals surface area contributed by atoms with Crippen molar-refractivity contribution in [3.63, 3.8) is 0 Å². The Bertz CT molecular complexity index is 1820. The monoisotopic (exact) mass is 754 g/mol. The van der Waals surface area contributed by atoms with E-state index in [-0.39, 0.29) is 34.4 Å². The van der Waals surface area contributed by atoms with Gasteiger partial charge in [0, 0.05) is 23.3 Å². The van der Waals surface area contributed by atoms with Gasteiger partial charge in [0.05, 0.1) is 24.3 Å². The molecule has 1 aromatic heterocycles. The third-order valence-corrected chi connectivity index (χ3v) is 8.90. The van der Waals surface area contributed by atoms with Gasteiger partial charge < -0.3 is 23.4 Å². The maximum absolute atomic E-state index is 14.7. The first-order chi connectivity index (χ1) is 26.8. The van der Waals surface area contributed by atoms with E-state index in [0.29, 0.717) is 35.8 Å². The fraction of sp³-hybridized carbons (Fsp3) is 0.364. The first-order valence-corrected chi connectivity index (χ1v) is 19.2. The van der Waals surface area contributed by atoms with Crippen LogP contribution >= 0.6 is 0 Å². The van der Waals surface area contributed by atoms with Gasteiger partial charge in [0.15, 0.2) is 0 Å². The maximum atomic E-state index is 14.7. The summed E-state index contributed by atoms with van der Waals surface area (Å²) < 4.78 is 57.4. The highest BCUT2D eigenvalue weighted by Crippen LogP contribution is 2.28. The van der Waals surface area contributed by atoms with Gasteiger partial charge in [-0.1, -0.05) is 78.1 Å². The van der Waals surface area contributed by atoms with Crippen LogP contribution in [-0.2, 0) is 0 Å². The zero-order valence-corrected chi connectivity index (χ0v) is 31.5. The fourth-order valence-corrected chi connectivity index (χ4v) is 5.76. The number of nitrogens with zero attached hydrogens (tertiary/aromatic N) is 2. The number of benzene rings is 4. The lowest BCUT2D eigenvalue weighted by atomic mass is 10.1. The Morgan fingerprint density at radius 2 is 0.873 bits per heavy atom. The van der Waals surface area contributed by atoms with Crippen LogP contribution in [0.15, 0.2) is 89.3 Å². The fourth-order valence-electron chi connectivity index (χ4n) is 5.76. The number of esters is 2. The SMILES string of the molecule is CCCCCCCCOc1ccc(C(=O)Oc2ccc(-c3nnc(-c4ccc(OC(=O)c5ccc(OCCCCCCCC)cc5F)cc4)o3)cc2)c(F)c1. The molecule has 0 amide bonds. The number of rotatable bonds is 22. The van der Waals surface area contributed by atoms with Gasteiger partial charge >= 0.3 is 11.9 Å². The van der Waals surface area contributed by atoms with E-state index in [2.05, 4.69) is 24.0 Å². The van der Waals surface area contributed by atoms with Gasteiger partial charge in [0.1, 0.15) is 34.6 Å². The van der Waals surface area contributed by atoms with Crippen LogP contribution in [0.5, 0.6) is 23.0 Å². The van der Waals surface area contributed by atoms with Crippen LogP contribution in [0.25, 0.3) is 22.9 Å². The lowest BCUT2D eigenvalue weighted by Gasteiger charge is -2.09. The topological polar surface area (TPSA) is 110 Å². The summed E-state index contributed by atoms with van der Waals surface area (Å²) in [6.45, 7) is 5.33. The smallest absolute Gasteiger partial charge is 0.346 e. The molecule has 290 valence electrons. The Kier molecular flexibility index (Phi) is 15.8. The molecule has 0 fully saturated rings. The number of ether oxygens (including phenoxy) is 4. The largest absolute Gasteiger partial charge is 0.493 e. The van der Waals surface area contributed by atoms with Crippen molar-refractivity contribution in [3.05, 3.63) is 108 Å². The standard InChI is InChI=1S/C44H48F2N2O7/c1-3-5-7-9-11-13-27-51-35-23-25-37(39(45)29-35)43(49)53-33-19-15-31(16-20-33)41-47-48-42(55-41)32-17-21-34(22-18-32)54-44(50)38-26-24-36(30-40(38)46)52-28-14-12-10-8-6-4-2/h15-26,29-30H,3-14,27-28H2,1-2H3. The van der Waals surface area contributed by atoms with E-state index in [1.165, 1.54) is 87.1 Å². The number of halogens is 2. The summed E-state index contributed by atoms with van der Waals surface area (Å²) in [5.41, 5.74) is 0.707. The van der Waals surface area contributed by atoms with Crippen molar-refractivity contribution in [1.82, 2.24) is 10.2 Å². The van der Waals surface area contributed by atoms with E-state index in [1.807, 2.05) is 0 Å². The molecule has 0 atom stereocenters. The van der Waals surface area contributed by atoms with E-state index >= 15 is 0 Å². The van der Waals surface area contributed by atoms with Crippen molar-refractivity contribution in [2.75, 3.05) is 13.2 Å². The predicted octanol–water partition coefficient (Wildman–Crippen LogP) is 11.6. The Morgan fingerprint density at radius 3 is 1.25 bits per heavy atom. The second-order valence-electron chi connectivity index (χ2n) is 13.3. The van der Waals surface area contributed by atoms with Crippen LogP contribution in [0, 0.1) is 11.6 Å². The summed E-state index contributed by atoms with van der Waals surface area (Å²) in [6, 6.07) is 20.9. The normalized spacial score (nSPS) is 11.0.